The molecule has 0 amide bonds. The van der Waals surface area contributed by atoms with Gasteiger partial charge in [-0.3, -0.25) is 47.9 Å². The second kappa shape index (κ2) is 88.5. The number of unbranched alkanes of at least 4 members (excludes halogenated alkanes) is 12. The van der Waals surface area contributed by atoms with Crippen LogP contribution in [0.4, 0.5) is 0 Å². The molecule has 0 bridgehead atoms. The van der Waals surface area contributed by atoms with E-state index in [9.17, 15) is 81.8 Å². The van der Waals surface area contributed by atoms with Crippen molar-refractivity contribution in [2.45, 2.75) is 229 Å². The topological polar surface area (TPSA) is 652 Å². The van der Waals surface area contributed by atoms with E-state index >= 15 is 0 Å². The summed E-state index contributed by atoms with van der Waals surface area (Å²) in [5, 5.41) is 102. The smallest absolute Gasteiger partial charge is 0.373 e. The molecule has 0 saturated carbocycles. The number of ketones is 6. The van der Waals surface area contributed by atoms with Gasteiger partial charge >= 0.3 is 84.3 Å². The van der Waals surface area contributed by atoms with E-state index in [1.807, 2.05) is 72.8 Å². The summed E-state index contributed by atoms with van der Waals surface area (Å²) >= 11 is 0. The average molecular weight is 1610 g/mol. The van der Waals surface area contributed by atoms with Gasteiger partial charge < -0.3 is 75.7 Å². The molecule has 4 atom stereocenters. The van der Waals surface area contributed by atoms with Crippen LogP contribution in [0, 0.1) is 25.7 Å². The van der Waals surface area contributed by atoms with Crippen molar-refractivity contribution in [1.82, 2.24) is 0 Å². The van der Waals surface area contributed by atoms with Crippen LogP contribution in [0.25, 0.3) is 0 Å². The molecule has 3 aromatic carbocycles. The number of hydrogen-bond donors (Lipinski definition) is 12. The van der Waals surface area contributed by atoms with Crippen molar-refractivity contribution in [1.29, 1.82) is 0 Å². The number of aliphatic carboxylic acids is 10. The number of benzene rings is 3. The van der Waals surface area contributed by atoms with Crippen molar-refractivity contribution in [3.63, 3.8) is 0 Å². The van der Waals surface area contributed by atoms with Gasteiger partial charge in [-0.15, -0.1) is 0 Å². The van der Waals surface area contributed by atoms with Crippen molar-refractivity contribution >= 4 is 119 Å². The van der Waals surface area contributed by atoms with Gasteiger partial charge in [0.1, 0.15) is 40.9 Å². The Morgan fingerprint density at radius 2 is 0.655 bits per heavy atom. The number of aliphatic hydroxyl groups excluding tert-OH is 1. The minimum Gasteiger partial charge on any atom is -0.481 e. The van der Waals surface area contributed by atoms with Crippen molar-refractivity contribution in [2.75, 3.05) is 0 Å². The third-order valence-electron chi connectivity index (χ3n) is 12.6. The molecule has 632 valence electrons. The summed E-state index contributed by atoms with van der Waals surface area (Å²) in [6, 6.07) is 32.5. The molecule has 0 heterocycles. The molecule has 0 aliphatic carbocycles. The number of carboxylic acids is 10. The maximum absolute atomic E-state index is 10.7. The average Bonchev–Trinajstić information content (AvgIpc) is 0.848. The zero-order valence-electron chi connectivity index (χ0n) is 63.7. The number of aryl methyl sites for hydroxylation is 2. The van der Waals surface area contributed by atoms with E-state index < -0.39 is 126 Å². The fourth-order valence-corrected chi connectivity index (χ4v) is 7.61. The molecule has 36 nitrogen and oxygen atoms in total. The fourth-order valence-electron chi connectivity index (χ4n) is 7.61. The zero-order chi connectivity index (χ0) is 89.0. The Morgan fingerprint density at radius 1 is 0.363 bits per heavy atom. The highest BCUT2D eigenvalue weighted by Gasteiger charge is 2.39. The van der Waals surface area contributed by atoms with Crippen LogP contribution in [-0.2, 0) is 115 Å². The van der Waals surface area contributed by atoms with Gasteiger partial charge in [0.05, 0.1) is 30.8 Å². The van der Waals surface area contributed by atoms with E-state index in [-0.39, 0.29) is 74.4 Å². The summed E-state index contributed by atoms with van der Waals surface area (Å²) in [5.41, 5.74) is -0.252. The van der Waals surface area contributed by atoms with Crippen LogP contribution in [0.3, 0.4) is 0 Å². The van der Waals surface area contributed by atoms with Crippen LogP contribution in [0.15, 0.2) is 109 Å². The predicted octanol–water partition coefficient (Wildman–Crippen LogP) is 8.89. The Kier molecular flexibility index (Phi) is 97.3. The molecule has 113 heavy (non-hydrogen) atoms. The third-order valence-corrected chi connectivity index (χ3v) is 12.6. The molecule has 4 unspecified atom stereocenters. The van der Waals surface area contributed by atoms with Crippen LogP contribution in [0.1, 0.15) is 214 Å². The summed E-state index contributed by atoms with van der Waals surface area (Å²) < 4.78 is 0. The Hall–Kier alpha value is -12.4. The van der Waals surface area contributed by atoms with Gasteiger partial charge in [-0.1, -0.05) is 180 Å². The van der Waals surface area contributed by atoms with Gasteiger partial charge in [0.15, 0.2) is 11.4 Å². The summed E-state index contributed by atoms with van der Waals surface area (Å²) in [6.45, 7) is 11.9. The summed E-state index contributed by atoms with van der Waals surface area (Å²) in [6.07, 6.45) is 13.0. The highest BCUT2D eigenvalue weighted by Crippen LogP contribution is 2.17. The molecule has 0 aromatic heterocycles. The first-order valence-electron chi connectivity index (χ1n) is 33.5. The van der Waals surface area contributed by atoms with Crippen molar-refractivity contribution in [3.8, 4) is 0 Å². The van der Waals surface area contributed by atoms with E-state index in [0.29, 0.717) is 18.9 Å². The molecule has 0 saturated heterocycles. The highest BCUT2D eigenvalue weighted by atomic mass is 16.4. The number of Topliss-reactive ketones (excluding diaryl/α,β-unsaturated/α-hetero) is 6. The maximum atomic E-state index is 10.7. The first-order chi connectivity index (χ1) is 52.2. The third kappa shape index (κ3) is 118. The van der Waals surface area contributed by atoms with Gasteiger partial charge in [-0.25, -0.2) is 14.4 Å². The van der Waals surface area contributed by atoms with E-state index in [4.69, 9.17) is 94.5 Å². The molecule has 0 aliphatic heterocycles. The molecule has 0 spiro atoms. The molecule has 3 rings (SSSR count). The van der Waals surface area contributed by atoms with Crippen LogP contribution in [0.2, 0.25) is 0 Å². The zero-order valence-corrected chi connectivity index (χ0v) is 63.7. The van der Waals surface area contributed by atoms with Crippen LogP contribution in [-0.4, -0.2) is 192 Å². The monoisotopic (exact) mass is 1610 g/mol. The lowest BCUT2D eigenvalue weighted by Crippen LogP contribution is -2.42. The van der Waals surface area contributed by atoms with Gasteiger partial charge in [0.2, 0.25) is 0 Å². The summed E-state index contributed by atoms with van der Waals surface area (Å²) in [4.78, 5) is 231. The number of rotatable bonds is 39. The van der Waals surface area contributed by atoms with Gasteiger partial charge in [-0.05, 0) is 81.1 Å². The van der Waals surface area contributed by atoms with Gasteiger partial charge in [0, 0.05) is 51.0 Å². The Labute approximate surface area is 653 Å². The molecule has 3 aromatic rings. The number of carboxylic acid groups (broad SMARTS) is 10. The van der Waals surface area contributed by atoms with Crippen LogP contribution >= 0.6 is 0 Å². The lowest BCUT2D eigenvalue weighted by molar-refractivity contribution is -0.193. The maximum Gasteiger partial charge on any atom is 0.373 e. The first kappa shape index (κ1) is 124. The SMILES string of the molecule is C.CC(=O)C(O)C(CC(=O)O)C(=O)O.CC(=O)C/C(=C/C(=O)O)C(=O)O.CC(=O)CC(CC(=O)O)C(=O)O.CC(=O)CC(O)(CC(=O)O)C(=O)O.CC(=O)CCCCCCCCC(=O)O.CC(=O)CCCCCCCCCCC(=O)O.Cc1ccccc1.Cc1ccccc1.O=C=O.O=C=O.O=C=O.O=C=O.c1ccccc1. The lowest BCUT2D eigenvalue weighted by atomic mass is 9.94. The number of hydrogen-bond acceptors (Lipinski definition) is 26. The number of carbonyl (C=O) groups is 16. The fraction of sp³-hybridized carbons (Fsp3) is 0.481. The van der Waals surface area contributed by atoms with Gasteiger partial charge in [0.25, 0.3) is 0 Å². The normalized spacial score (nSPS) is 10.3. The predicted molar refractivity (Wildman–Crippen MR) is 393 cm³/mol. The lowest BCUT2D eigenvalue weighted by Gasteiger charge is -2.19. The largest absolute Gasteiger partial charge is 0.481 e. The molecule has 0 radical (unpaired) electrons. The second-order valence-corrected chi connectivity index (χ2v) is 23.1. The van der Waals surface area contributed by atoms with Crippen molar-refractivity contribution in [3.05, 3.63) is 120 Å². The Balaban J connectivity index is -0.000000114. The summed E-state index contributed by atoms with van der Waals surface area (Å²) in [7, 11) is 0. The number of carbonyl (C=O) groups excluding carboxylic acids is 14. The number of aliphatic hydroxyl groups is 2. The van der Waals surface area contributed by atoms with Gasteiger partial charge in [-0.2, -0.15) is 38.4 Å². The standard InChI is InChI=1S/C13H24O3.C11H20O3.2C7H10O6.C7H10O5.C7H8O5.2C7H8.C6H6.4CO2.CH4/c1-12(14)10-8-6-4-2-3-5-7-9-11-13(15)16;1-10(12)8-6-4-2-3-5-7-9-11(13)14;1-4(8)2-7(13,6(11)12)3-5(9)10;1-3(8)6(11)4(7(12)13)2-5(9)10;2*1-4(8)2-5(7(11)12)3-6(9)10;2*1-7-5-3-2-4-6-7;1-2-4-6-5-3-1;4*2-1-3;/h2-11H2,1H3,(H,15,16);2-9H2,1H3,(H,13,14);13H,2-3H2,1H3,(H,9,10)(H,11,12);4,6,11H,2H2,1H3,(H,9,10)(H,12,13);5H,2-3H2,1H3,(H,9,10)(H,11,12);3H,2H2,1H3,(H,9,10)(H,11,12);2*2-6H,1H3;1-6H;;;;;1H4/b;;;;;5-3-;;;;;;;;. The van der Waals surface area contributed by atoms with E-state index in [0.717, 1.165) is 90.9 Å². The molecular formula is C77H108O36. The molecule has 36 heteroatoms. The van der Waals surface area contributed by atoms with Crippen molar-refractivity contribution in [2.24, 2.45) is 11.8 Å². The molecule has 0 fully saturated rings. The van der Waals surface area contributed by atoms with Crippen LogP contribution < -0.4 is 0 Å². The molecule has 12 N–H and O–H groups in total. The molecular weight excluding hydrogens is 1500 g/mol. The Morgan fingerprint density at radius 3 is 0.841 bits per heavy atom. The van der Waals surface area contributed by atoms with Crippen LogP contribution in [0.5, 0.6) is 0 Å². The minimum atomic E-state index is -2.49. The Bertz CT molecular complexity index is 3150. The first-order valence-corrected chi connectivity index (χ1v) is 33.5. The minimum absolute atomic E-state index is 0. The van der Waals surface area contributed by atoms with E-state index in [1.54, 1.807) is 13.8 Å². The van der Waals surface area contributed by atoms with E-state index in [2.05, 4.69) is 38.1 Å². The highest BCUT2D eigenvalue weighted by molar-refractivity contribution is 5.99. The summed E-state index contributed by atoms with van der Waals surface area (Å²) in [5.74, 6) is -16.8. The second-order valence-electron chi connectivity index (χ2n) is 23.1. The molecule has 0 aliphatic rings. The quantitative estimate of drug-likeness (QED) is 0.0187. The van der Waals surface area contributed by atoms with Crippen molar-refractivity contribution < 1.29 is 176 Å². The van der Waals surface area contributed by atoms with E-state index in [1.165, 1.54) is 44.2 Å².